The van der Waals surface area contributed by atoms with Crippen LogP contribution in [0.4, 0.5) is 0 Å². The van der Waals surface area contributed by atoms with Crippen LogP contribution in [0, 0.1) is 0 Å². The number of hydrogen-bond acceptors (Lipinski definition) is 3. The highest BCUT2D eigenvalue weighted by Crippen LogP contribution is 2.41. The molecular weight excluding hydrogens is 286 g/mol. The van der Waals surface area contributed by atoms with Gasteiger partial charge in [0.2, 0.25) is 0 Å². The first-order valence-corrected chi connectivity index (χ1v) is 8.21. The number of fused-ring (bicyclic) bond motifs is 1. The van der Waals surface area contributed by atoms with Crippen LogP contribution in [0.5, 0.6) is 11.5 Å². The standard InChI is InChI=1S/C20H25NO2/c1-14(2)21-11-10-16-12-18(22-3)19(23-4)13-17(16)20(21)15-8-6-5-7-9-15/h5-9,12-14,20H,10-11H2,1-4H3. The lowest BCUT2D eigenvalue weighted by Gasteiger charge is -2.40. The lowest BCUT2D eigenvalue weighted by Crippen LogP contribution is -2.40. The van der Waals surface area contributed by atoms with Crippen molar-refractivity contribution in [1.29, 1.82) is 0 Å². The van der Waals surface area contributed by atoms with Crippen molar-refractivity contribution in [3.63, 3.8) is 0 Å². The Morgan fingerprint density at radius 1 is 1.00 bits per heavy atom. The van der Waals surface area contributed by atoms with Gasteiger partial charge in [0.25, 0.3) is 0 Å². The number of methoxy groups -OCH3 is 2. The van der Waals surface area contributed by atoms with E-state index in [1.165, 1.54) is 16.7 Å². The van der Waals surface area contributed by atoms with Gasteiger partial charge >= 0.3 is 0 Å². The van der Waals surface area contributed by atoms with Gasteiger partial charge in [0.05, 0.1) is 20.3 Å². The first-order chi connectivity index (χ1) is 11.2. The van der Waals surface area contributed by atoms with E-state index in [1.807, 2.05) is 0 Å². The van der Waals surface area contributed by atoms with Gasteiger partial charge in [-0.05, 0) is 49.1 Å². The molecule has 1 heterocycles. The zero-order chi connectivity index (χ0) is 16.4. The molecule has 1 aliphatic rings. The third kappa shape index (κ3) is 2.93. The molecular formula is C20H25NO2. The maximum atomic E-state index is 5.54. The van der Waals surface area contributed by atoms with Gasteiger partial charge < -0.3 is 9.47 Å². The molecule has 0 bridgehead atoms. The number of rotatable bonds is 4. The van der Waals surface area contributed by atoms with Gasteiger partial charge in [-0.2, -0.15) is 0 Å². The zero-order valence-corrected chi connectivity index (χ0v) is 14.4. The van der Waals surface area contributed by atoms with Crippen LogP contribution in [-0.4, -0.2) is 31.7 Å². The van der Waals surface area contributed by atoms with E-state index in [0.717, 1.165) is 24.5 Å². The second kappa shape index (κ2) is 6.63. The largest absolute Gasteiger partial charge is 0.493 e. The average molecular weight is 311 g/mol. The smallest absolute Gasteiger partial charge is 0.161 e. The fourth-order valence-corrected chi connectivity index (χ4v) is 3.53. The molecule has 0 saturated heterocycles. The van der Waals surface area contributed by atoms with E-state index in [-0.39, 0.29) is 6.04 Å². The lowest BCUT2D eigenvalue weighted by atomic mass is 9.87. The number of ether oxygens (including phenoxy) is 2. The number of hydrogen-bond donors (Lipinski definition) is 0. The van der Waals surface area contributed by atoms with Crippen molar-refractivity contribution in [1.82, 2.24) is 4.90 Å². The van der Waals surface area contributed by atoms with Gasteiger partial charge in [0, 0.05) is 12.6 Å². The maximum absolute atomic E-state index is 5.54. The Kier molecular flexibility index (Phi) is 4.58. The molecule has 122 valence electrons. The summed E-state index contributed by atoms with van der Waals surface area (Å²) in [5.74, 6) is 1.62. The van der Waals surface area contributed by atoms with Crippen LogP contribution >= 0.6 is 0 Å². The highest BCUT2D eigenvalue weighted by atomic mass is 16.5. The van der Waals surface area contributed by atoms with Crippen LogP contribution in [0.3, 0.4) is 0 Å². The molecule has 3 nitrogen and oxygen atoms in total. The Balaban J connectivity index is 2.15. The van der Waals surface area contributed by atoms with Crippen molar-refractivity contribution in [3.05, 3.63) is 59.2 Å². The van der Waals surface area contributed by atoms with Gasteiger partial charge in [-0.1, -0.05) is 30.3 Å². The van der Waals surface area contributed by atoms with Gasteiger partial charge in [-0.15, -0.1) is 0 Å². The molecule has 0 N–H and O–H groups in total. The Bertz CT molecular complexity index is 667. The van der Waals surface area contributed by atoms with Crippen LogP contribution in [-0.2, 0) is 6.42 Å². The zero-order valence-electron chi connectivity index (χ0n) is 14.4. The topological polar surface area (TPSA) is 21.7 Å². The van der Waals surface area contributed by atoms with Crippen LogP contribution in [0.25, 0.3) is 0 Å². The quantitative estimate of drug-likeness (QED) is 0.850. The molecule has 3 rings (SSSR count). The number of nitrogens with zero attached hydrogens (tertiary/aromatic N) is 1. The van der Waals surface area contributed by atoms with E-state index < -0.39 is 0 Å². The lowest BCUT2D eigenvalue weighted by molar-refractivity contribution is 0.167. The van der Waals surface area contributed by atoms with Crippen molar-refractivity contribution >= 4 is 0 Å². The summed E-state index contributed by atoms with van der Waals surface area (Å²) in [6, 6.07) is 15.8. The minimum Gasteiger partial charge on any atom is -0.493 e. The second-order valence-electron chi connectivity index (χ2n) is 6.30. The summed E-state index contributed by atoms with van der Waals surface area (Å²) >= 11 is 0. The van der Waals surface area contributed by atoms with Crippen molar-refractivity contribution in [2.45, 2.75) is 32.4 Å². The monoisotopic (exact) mass is 311 g/mol. The minimum atomic E-state index is 0.264. The fourth-order valence-electron chi connectivity index (χ4n) is 3.53. The second-order valence-corrected chi connectivity index (χ2v) is 6.30. The first kappa shape index (κ1) is 15.9. The van der Waals surface area contributed by atoms with Crippen molar-refractivity contribution < 1.29 is 9.47 Å². The van der Waals surface area contributed by atoms with E-state index in [1.54, 1.807) is 14.2 Å². The molecule has 0 radical (unpaired) electrons. The normalized spacial score (nSPS) is 17.9. The molecule has 2 aromatic rings. The summed E-state index contributed by atoms with van der Waals surface area (Å²) in [7, 11) is 3.40. The van der Waals surface area contributed by atoms with Crippen LogP contribution in [0.15, 0.2) is 42.5 Å². The van der Waals surface area contributed by atoms with Gasteiger partial charge in [-0.3, -0.25) is 4.90 Å². The van der Waals surface area contributed by atoms with Crippen molar-refractivity contribution in [3.8, 4) is 11.5 Å². The van der Waals surface area contributed by atoms with Crippen LogP contribution in [0.2, 0.25) is 0 Å². The predicted octanol–water partition coefficient (Wildman–Crippen LogP) is 4.06. The van der Waals surface area contributed by atoms with E-state index in [2.05, 4.69) is 61.2 Å². The molecule has 3 heteroatoms. The first-order valence-electron chi connectivity index (χ1n) is 8.21. The van der Waals surface area contributed by atoms with E-state index in [9.17, 15) is 0 Å². The maximum Gasteiger partial charge on any atom is 0.161 e. The summed E-state index contributed by atoms with van der Waals surface area (Å²) in [6.07, 6.45) is 1.04. The van der Waals surface area contributed by atoms with E-state index >= 15 is 0 Å². The Hall–Kier alpha value is -2.00. The molecule has 1 aliphatic heterocycles. The molecule has 0 aliphatic carbocycles. The molecule has 0 spiro atoms. The molecule has 23 heavy (non-hydrogen) atoms. The Morgan fingerprint density at radius 2 is 1.65 bits per heavy atom. The number of benzene rings is 2. The van der Waals surface area contributed by atoms with E-state index in [4.69, 9.17) is 9.47 Å². The molecule has 1 atom stereocenters. The molecule has 1 unspecified atom stereocenters. The Labute approximate surface area is 138 Å². The van der Waals surface area contributed by atoms with Gasteiger partial charge in [-0.25, -0.2) is 0 Å². The average Bonchev–Trinajstić information content (AvgIpc) is 2.59. The molecule has 0 saturated carbocycles. The molecule has 0 aromatic heterocycles. The van der Waals surface area contributed by atoms with Gasteiger partial charge in [0.1, 0.15) is 0 Å². The summed E-state index contributed by atoms with van der Waals surface area (Å²) in [5, 5.41) is 0. The summed E-state index contributed by atoms with van der Waals surface area (Å²) < 4.78 is 11.0. The Morgan fingerprint density at radius 3 is 2.26 bits per heavy atom. The van der Waals surface area contributed by atoms with Crippen LogP contribution < -0.4 is 9.47 Å². The SMILES string of the molecule is COc1cc2c(cc1OC)C(c1ccccc1)N(C(C)C)CC2. The van der Waals surface area contributed by atoms with E-state index in [0.29, 0.717) is 6.04 Å². The summed E-state index contributed by atoms with van der Waals surface area (Å²) in [5.41, 5.74) is 4.01. The summed E-state index contributed by atoms with van der Waals surface area (Å²) in [4.78, 5) is 2.56. The third-order valence-corrected chi connectivity index (χ3v) is 4.69. The van der Waals surface area contributed by atoms with Crippen LogP contribution in [0.1, 0.15) is 36.6 Å². The molecule has 0 fully saturated rings. The molecule has 0 amide bonds. The fraction of sp³-hybridized carbons (Fsp3) is 0.400. The third-order valence-electron chi connectivity index (χ3n) is 4.69. The minimum absolute atomic E-state index is 0.264. The highest BCUT2D eigenvalue weighted by molar-refractivity contribution is 5.51. The van der Waals surface area contributed by atoms with Gasteiger partial charge in [0.15, 0.2) is 11.5 Å². The highest BCUT2D eigenvalue weighted by Gasteiger charge is 2.31. The molecule has 2 aromatic carbocycles. The van der Waals surface area contributed by atoms with Crippen molar-refractivity contribution in [2.75, 3.05) is 20.8 Å². The predicted molar refractivity (Wildman–Crippen MR) is 93.4 cm³/mol. The summed E-state index contributed by atoms with van der Waals surface area (Å²) in [6.45, 7) is 5.59. The van der Waals surface area contributed by atoms with Crippen molar-refractivity contribution in [2.24, 2.45) is 0 Å².